The first-order valence-electron chi connectivity index (χ1n) is 5.06. The minimum Gasteiger partial charge on any atom is -0.498 e. The van der Waals surface area contributed by atoms with Crippen LogP contribution >= 0.6 is 0 Å². The highest BCUT2D eigenvalue weighted by Gasteiger charge is 2.06. The van der Waals surface area contributed by atoms with Crippen molar-refractivity contribution in [3.63, 3.8) is 0 Å². The lowest BCUT2D eigenvalue weighted by atomic mass is 10.3. The Hall–Kier alpha value is -2.02. The molecule has 0 saturated carbocycles. The van der Waals surface area contributed by atoms with Crippen LogP contribution in [0.5, 0.6) is 0 Å². The molecule has 0 radical (unpaired) electrons. The van der Waals surface area contributed by atoms with E-state index in [1.165, 1.54) is 13.8 Å². The molecule has 0 aromatic heterocycles. The maximum absolute atomic E-state index is 10.4. The molecule has 0 aromatic carbocycles. The molecule has 0 aliphatic heterocycles. The third-order valence-electron chi connectivity index (χ3n) is 1.77. The van der Waals surface area contributed by atoms with Gasteiger partial charge in [0.05, 0.1) is 23.7 Å². The van der Waals surface area contributed by atoms with Crippen molar-refractivity contribution in [1.29, 1.82) is 0 Å². The number of aliphatic carboxylic acids is 2. The highest BCUT2D eigenvalue weighted by Crippen LogP contribution is 1.97. The molecule has 18 heavy (non-hydrogen) atoms. The lowest BCUT2D eigenvalue weighted by Gasteiger charge is -2.10. The number of carbonyl (C=O) groups is 2. The summed E-state index contributed by atoms with van der Waals surface area (Å²) in [5.74, 6) is -2.22. The number of aliphatic hydroxyl groups is 1. The van der Waals surface area contributed by atoms with Crippen LogP contribution < -0.4 is 0 Å². The molecular weight excluding hydrogens is 244 g/mol. The van der Waals surface area contributed by atoms with Gasteiger partial charge in [-0.05, 0) is 13.8 Å². The second kappa shape index (κ2) is 8.13. The highest BCUT2D eigenvalue weighted by atomic mass is 16.5. The van der Waals surface area contributed by atoms with Crippen LogP contribution in [0, 0.1) is 0 Å². The van der Waals surface area contributed by atoms with Crippen molar-refractivity contribution in [3.05, 3.63) is 23.7 Å². The SMILES string of the molecule is CC(=COCC(O)COC=C(C)C(=O)O)C(=O)O. The van der Waals surface area contributed by atoms with Gasteiger partial charge in [0.2, 0.25) is 0 Å². The van der Waals surface area contributed by atoms with Crippen LogP contribution in [0.25, 0.3) is 0 Å². The van der Waals surface area contributed by atoms with E-state index >= 15 is 0 Å². The van der Waals surface area contributed by atoms with Crippen LogP contribution in [0.4, 0.5) is 0 Å². The van der Waals surface area contributed by atoms with Gasteiger partial charge in [-0.3, -0.25) is 0 Å². The topological polar surface area (TPSA) is 113 Å². The van der Waals surface area contributed by atoms with E-state index < -0.39 is 18.0 Å². The zero-order chi connectivity index (χ0) is 14.1. The Morgan fingerprint density at radius 1 is 1.00 bits per heavy atom. The molecule has 0 aliphatic rings. The van der Waals surface area contributed by atoms with Crippen molar-refractivity contribution in [2.45, 2.75) is 20.0 Å². The summed E-state index contributed by atoms with van der Waals surface area (Å²) < 4.78 is 9.63. The van der Waals surface area contributed by atoms with Gasteiger partial charge in [0.25, 0.3) is 0 Å². The van der Waals surface area contributed by atoms with Crippen molar-refractivity contribution in [2.24, 2.45) is 0 Å². The smallest absolute Gasteiger partial charge is 0.334 e. The summed E-state index contributed by atoms with van der Waals surface area (Å²) in [5, 5.41) is 26.4. The number of aliphatic hydroxyl groups excluding tert-OH is 1. The second-order valence-corrected chi connectivity index (χ2v) is 3.53. The second-order valence-electron chi connectivity index (χ2n) is 3.53. The molecule has 7 nitrogen and oxygen atoms in total. The Balaban J connectivity index is 3.89. The number of carboxylic acid groups (broad SMARTS) is 2. The summed E-state index contributed by atoms with van der Waals surface area (Å²) in [6.45, 7) is 2.41. The fraction of sp³-hybridized carbons (Fsp3) is 0.455. The third-order valence-corrected chi connectivity index (χ3v) is 1.77. The molecule has 7 heteroatoms. The molecule has 0 fully saturated rings. The monoisotopic (exact) mass is 260 g/mol. The van der Waals surface area contributed by atoms with Gasteiger partial charge in [0.15, 0.2) is 0 Å². The molecular formula is C11H16O7. The van der Waals surface area contributed by atoms with Crippen LogP contribution in [0.15, 0.2) is 23.7 Å². The first kappa shape index (κ1) is 16.0. The first-order chi connectivity index (χ1) is 8.34. The van der Waals surface area contributed by atoms with Gasteiger partial charge in [-0.25, -0.2) is 9.59 Å². The summed E-state index contributed by atoms with van der Waals surface area (Å²) >= 11 is 0. The zero-order valence-electron chi connectivity index (χ0n) is 10.1. The normalized spacial score (nSPS) is 13.9. The number of carboxylic acids is 2. The molecule has 0 heterocycles. The van der Waals surface area contributed by atoms with E-state index in [0.29, 0.717) is 0 Å². The third kappa shape index (κ3) is 7.29. The van der Waals surface area contributed by atoms with E-state index in [1.54, 1.807) is 0 Å². The van der Waals surface area contributed by atoms with E-state index in [4.69, 9.17) is 19.7 Å². The van der Waals surface area contributed by atoms with Crippen molar-refractivity contribution < 1.29 is 34.4 Å². The van der Waals surface area contributed by atoms with Gasteiger partial charge in [0, 0.05) is 0 Å². The van der Waals surface area contributed by atoms with Crippen LogP contribution in [-0.2, 0) is 19.1 Å². The Bertz CT molecular complexity index is 322. The van der Waals surface area contributed by atoms with E-state index in [-0.39, 0.29) is 24.4 Å². The van der Waals surface area contributed by atoms with E-state index in [1.807, 2.05) is 0 Å². The molecule has 0 unspecified atom stereocenters. The Morgan fingerprint density at radius 2 is 1.33 bits per heavy atom. The lowest BCUT2D eigenvalue weighted by molar-refractivity contribution is -0.133. The van der Waals surface area contributed by atoms with Crippen LogP contribution in [-0.4, -0.2) is 46.6 Å². The van der Waals surface area contributed by atoms with Gasteiger partial charge in [-0.2, -0.15) is 0 Å². The summed E-state index contributed by atoms with van der Waals surface area (Å²) in [6.07, 6.45) is 1.05. The summed E-state index contributed by atoms with van der Waals surface area (Å²) in [5.41, 5.74) is 0.00877. The van der Waals surface area contributed by atoms with Gasteiger partial charge in [-0.15, -0.1) is 0 Å². The van der Waals surface area contributed by atoms with Gasteiger partial charge < -0.3 is 24.8 Å². The van der Waals surface area contributed by atoms with Crippen molar-refractivity contribution in [3.8, 4) is 0 Å². The molecule has 0 atom stereocenters. The molecule has 3 N–H and O–H groups in total. The van der Waals surface area contributed by atoms with Gasteiger partial charge in [-0.1, -0.05) is 0 Å². The average molecular weight is 260 g/mol. The number of hydrogen-bond donors (Lipinski definition) is 3. The molecule has 0 bridgehead atoms. The van der Waals surface area contributed by atoms with Gasteiger partial charge in [0.1, 0.15) is 19.3 Å². The molecule has 0 spiro atoms. The lowest BCUT2D eigenvalue weighted by Crippen LogP contribution is -2.19. The van der Waals surface area contributed by atoms with Crippen LogP contribution in [0.2, 0.25) is 0 Å². The molecule has 0 amide bonds. The van der Waals surface area contributed by atoms with E-state index in [2.05, 4.69) is 0 Å². The predicted octanol–water partition coefficient (Wildman–Crippen LogP) is 0.357. The predicted molar refractivity (Wildman–Crippen MR) is 60.7 cm³/mol. The standard InChI is InChI=1S/C11H16O7/c1-7(10(13)14)3-17-5-9(12)6-18-4-8(2)11(15)16/h3-4,9,12H,5-6H2,1-2H3,(H,13,14)(H,15,16). The summed E-state index contributed by atoms with van der Waals surface area (Å²) in [7, 11) is 0. The van der Waals surface area contributed by atoms with Crippen molar-refractivity contribution in [2.75, 3.05) is 13.2 Å². The first-order valence-corrected chi connectivity index (χ1v) is 5.06. The van der Waals surface area contributed by atoms with Gasteiger partial charge >= 0.3 is 11.9 Å². The van der Waals surface area contributed by atoms with Crippen LogP contribution in [0.3, 0.4) is 0 Å². The average Bonchev–Trinajstić information content (AvgIpc) is 2.28. The zero-order valence-corrected chi connectivity index (χ0v) is 10.1. The van der Waals surface area contributed by atoms with Crippen LogP contribution in [0.1, 0.15) is 13.8 Å². The number of ether oxygens (including phenoxy) is 2. The molecule has 0 saturated heterocycles. The Morgan fingerprint density at radius 3 is 1.61 bits per heavy atom. The number of hydrogen-bond acceptors (Lipinski definition) is 5. The molecule has 0 aliphatic carbocycles. The summed E-state index contributed by atoms with van der Waals surface area (Å²) in [4.78, 5) is 20.8. The van der Waals surface area contributed by atoms with Crippen molar-refractivity contribution >= 4 is 11.9 Å². The Labute approximate surface area is 104 Å². The molecule has 0 rings (SSSR count). The largest absolute Gasteiger partial charge is 0.498 e. The Kier molecular flexibility index (Phi) is 7.22. The summed E-state index contributed by atoms with van der Waals surface area (Å²) in [6, 6.07) is 0. The van der Waals surface area contributed by atoms with E-state index in [0.717, 1.165) is 12.5 Å². The molecule has 0 aromatic rings. The minimum absolute atomic E-state index is 0.00439. The minimum atomic E-state index is -1.11. The van der Waals surface area contributed by atoms with E-state index in [9.17, 15) is 14.7 Å². The quantitative estimate of drug-likeness (QED) is 0.426. The fourth-order valence-corrected chi connectivity index (χ4v) is 0.717. The fourth-order valence-electron chi connectivity index (χ4n) is 0.717. The number of rotatable bonds is 8. The maximum atomic E-state index is 10.4. The maximum Gasteiger partial charge on any atom is 0.334 e. The molecule has 102 valence electrons. The highest BCUT2D eigenvalue weighted by molar-refractivity contribution is 5.85. The van der Waals surface area contributed by atoms with Crippen molar-refractivity contribution in [1.82, 2.24) is 0 Å².